The van der Waals surface area contributed by atoms with Gasteiger partial charge in [-0.15, -0.1) is 0 Å². The van der Waals surface area contributed by atoms with Crippen LogP contribution in [-0.4, -0.2) is 15.9 Å². The van der Waals surface area contributed by atoms with Gasteiger partial charge in [0.25, 0.3) is 5.91 Å². The van der Waals surface area contributed by atoms with Crippen LogP contribution in [0, 0.1) is 24.4 Å². The number of aromatic nitrogens is 2. The van der Waals surface area contributed by atoms with E-state index < -0.39 is 23.4 Å². The largest absolute Gasteiger partial charge is 0.340 e. The number of anilines is 3. The summed E-state index contributed by atoms with van der Waals surface area (Å²) in [6, 6.07) is 8.12. The van der Waals surface area contributed by atoms with Crippen molar-refractivity contribution >= 4 is 34.7 Å². The molecule has 27 heavy (non-hydrogen) atoms. The van der Waals surface area contributed by atoms with E-state index in [4.69, 9.17) is 11.6 Å². The lowest BCUT2D eigenvalue weighted by Gasteiger charge is -2.10. The summed E-state index contributed by atoms with van der Waals surface area (Å²) in [5, 5.41) is 5.13. The third kappa shape index (κ3) is 4.53. The van der Waals surface area contributed by atoms with Gasteiger partial charge in [-0.05, 0) is 37.3 Å². The quantitative estimate of drug-likeness (QED) is 0.666. The van der Waals surface area contributed by atoms with Gasteiger partial charge in [0.2, 0.25) is 0 Å². The van der Waals surface area contributed by atoms with E-state index >= 15 is 0 Å². The van der Waals surface area contributed by atoms with E-state index in [2.05, 4.69) is 20.6 Å². The van der Waals surface area contributed by atoms with Gasteiger partial charge in [0.1, 0.15) is 34.8 Å². The van der Waals surface area contributed by atoms with Crippen LogP contribution in [0.2, 0.25) is 5.02 Å². The molecule has 0 unspecified atom stereocenters. The van der Waals surface area contributed by atoms with Crippen molar-refractivity contribution in [3.05, 3.63) is 76.5 Å². The number of hydrogen-bond acceptors (Lipinski definition) is 4. The molecule has 0 aliphatic rings. The molecule has 1 aromatic heterocycles. The van der Waals surface area contributed by atoms with Crippen molar-refractivity contribution in [2.75, 3.05) is 10.6 Å². The zero-order valence-electron chi connectivity index (χ0n) is 13.9. The molecule has 0 aliphatic carbocycles. The lowest BCUT2D eigenvalue weighted by atomic mass is 10.2. The molecule has 0 radical (unpaired) electrons. The first-order chi connectivity index (χ1) is 12.8. The lowest BCUT2D eigenvalue weighted by Crippen LogP contribution is -2.16. The average molecular weight is 393 g/mol. The molecule has 0 aliphatic heterocycles. The van der Waals surface area contributed by atoms with Crippen LogP contribution in [0.15, 0.2) is 42.5 Å². The molecule has 0 atom stereocenters. The Kier molecular flexibility index (Phi) is 5.27. The van der Waals surface area contributed by atoms with Crippen LogP contribution in [0.5, 0.6) is 0 Å². The molecule has 5 nitrogen and oxygen atoms in total. The van der Waals surface area contributed by atoms with Gasteiger partial charge in [0.05, 0.1) is 10.7 Å². The molecule has 2 aromatic carbocycles. The number of carbonyl (C=O) groups excluding carboxylic acids is 1. The molecular formula is C18H12ClF3N4O. The highest BCUT2D eigenvalue weighted by Gasteiger charge is 2.14. The van der Waals surface area contributed by atoms with E-state index in [1.165, 1.54) is 24.3 Å². The van der Waals surface area contributed by atoms with Gasteiger partial charge in [-0.1, -0.05) is 11.6 Å². The molecule has 1 amide bonds. The number of benzene rings is 2. The molecule has 3 aromatic rings. The van der Waals surface area contributed by atoms with Gasteiger partial charge < -0.3 is 10.6 Å². The van der Waals surface area contributed by atoms with Gasteiger partial charge in [0, 0.05) is 17.8 Å². The maximum atomic E-state index is 13.7. The fourth-order valence-corrected chi connectivity index (χ4v) is 2.43. The fourth-order valence-electron chi connectivity index (χ4n) is 2.25. The predicted octanol–water partition coefficient (Wildman–Crippen LogP) is 4.85. The SMILES string of the molecule is Cc1nc(Nc2ccc(F)c(Cl)c2)cc(C(=O)Nc2ccc(F)cc2F)n1. The van der Waals surface area contributed by atoms with E-state index in [0.29, 0.717) is 11.8 Å². The number of rotatable bonds is 4. The summed E-state index contributed by atoms with van der Waals surface area (Å²) in [4.78, 5) is 20.5. The van der Waals surface area contributed by atoms with Crippen LogP contribution < -0.4 is 10.6 Å². The molecule has 2 N–H and O–H groups in total. The van der Waals surface area contributed by atoms with E-state index in [1.807, 2.05) is 0 Å². The Labute approximate surface area is 157 Å². The smallest absolute Gasteiger partial charge is 0.274 e. The summed E-state index contributed by atoms with van der Waals surface area (Å²) in [5.74, 6) is -2.40. The summed E-state index contributed by atoms with van der Waals surface area (Å²) in [6.45, 7) is 1.57. The highest BCUT2D eigenvalue weighted by Crippen LogP contribution is 2.23. The predicted molar refractivity (Wildman–Crippen MR) is 95.8 cm³/mol. The summed E-state index contributed by atoms with van der Waals surface area (Å²) in [5.41, 5.74) is 0.231. The van der Waals surface area contributed by atoms with Crippen LogP contribution in [0.3, 0.4) is 0 Å². The van der Waals surface area contributed by atoms with E-state index in [9.17, 15) is 18.0 Å². The molecule has 0 fully saturated rings. The minimum Gasteiger partial charge on any atom is -0.340 e. The van der Waals surface area contributed by atoms with Gasteiger partial charge in [0.15, 0.2) is 0 Å². The molecule has 1 heterocycles. The third-order valence-electron chi connectivity index (χ3n) is 3.44. The zero-order valence-corrected chi connectivity index (χ0v) is 14.6. The molecule has 3 rings (SSSR count). The second-order valence-electron chi connectivity index (χ2n) is 5.52. The van der Waals surface area contributed by atoms with E-state index in [-0.39, 0.29) is 28.0 Å². The van der Waals surface area contributed by atoms with Crippen LogP contribution in [0.25, 0.3) is 0 Å². The minimum absolute atomic E-state index is 0.0399. The van der Waals surface area contributed by atoms with Gasteiger partial charge in [-0.25, -0.2) is 23.1 Å². The molecular weight excluding hydrogens is 381 g/mol. The standard InChI is InChI=1S/C18H12ClF3N4O/c1-9-23-16(18(27)26-15-5-2-10(20)6-14(15)22)8-17(24-9)25-11-3-4-13(21)12(19)7-11/h2-8H,1H3,(H,26,27)(H,23,24,25). The number of hydrogen-bond donors (Lipinski definition) is 2. The first-order valence-electron chi connectivity index (χ1n) is 7.66. The Morgan fingerprint density at radius 3 is 2.48 bits per heavy atom. The first kappa shape index (κ1) is 18.7. The Balaban J connectivity index is 1.83. The molecule has 0 saturated carbocycles. The summed E-state index contributed by atoms with van der Waals surface area (Å²) < 4.78 is 39.9. The number of carbonyl (C=O) groups is 1. The maximum Gasteiger partial charge on any atom is 0.274 e. The Morgan fingerprint density at radius 1 is 1.00 bits per heavy atom. The fraction of sp³-hybridized carbons (Fsp3) is 0.0556. The molecule has 0 saturated heterocycles. The monoisotopic (exact) mass is 392 g/mol. The van der Waals surface area contributed by atoms with Crippen LogP contribution in [0.4, 0.5) is 30.4 Å². The highest BCUT2D eigenvalue weighted by atomic mass is 35.5. The van der Waals surface area contributed by atoms with Crippen molar-refractivity contribution in [3.8, 4) is 0 Å². The minimum atomic E-state index is -0.909. The topological polar surface area (TPSA) is 66.9 Å². The number of amides is 1. The summed E-state index contributed by atoms with van der Waals surface area (Å²) in [6.07, 6.45) is 0. The van der Waals surface area contributed by atoms with Crippen LogP contribution in [-0.2, 0) is 0 Å². The molecule has 138 valence electrons. The van der Waals surface area contributed by atoms with Crippen molar-refractivity contribution < 1.29 is 18.0 Å². The van der Waals surface area contributed by atoms with Gasteiger partial charge in [-0.3, -0.25) is 4.79 Å². The Bertz CT molecular complexity index is 1030. The van der Waals surface area contributed by atoms with E-state index in [1.54, 1.807) is 6.92 Å². The van der Waals surface area contributed by atoms with Crippen molar-refractivity contribution in [1.29, 1.82) is 0 Å². The summed E-state index contributed by atoms with van der Waals surface area (Å²) >= 11 is 5.74. The van der Waals surface area contributed by atoms with Crippen molar-refractivity contribution in [3.63, 3.8) is 0 Å². The normalized spacial score (nSPS) is 10.6. The Morgan fingerprint density at radius 2 is 1.78 bits per heavy atom. The highest BCUT2D eigenvalue weighted by molar-refractivity contribution is 6.31. The molecule has 9 heteroatoms. The first-order valence-corrected chi connectivity index (χ1v) is 8.04. The third-order valence-corrected chi connectivity index (χ3v) is 3.73. The number of nitrogens with one attached hydrogen (secondary N) is 2. The maximum absolute atomic E-state index is 13.7. The lowest BCUT2D eigenvalue weighted by molar-refractivity contribution is 0.102. The number of nitrogens with zero attached hydrogens (tertiary/aromatic N) is 2. The van der Waals surface area contributed by atoms with E-state index in [0.717, 1.165) is 12.1 Å². The average Bonchev–Trinajstić information content (AvgIpc) is 2.60. The van der Waals surface area contributed by atoms with Gasteiger partial charge >= 0.3 is 0 Å². The van der Waals surface area contributed by atoms with Crippen LogP contribution >= 0.6 is 11.6 Å². The molecule has 0 spiro atoms. The second-order valence-corrected chi connectivity index (χ2v) is 5.93. The number of aryl methyl sites for hydroxylation is 1. The molecule has 0 bridgehead atoms. The summed E-state index contributed by atoms with van der Waals surface area (Å²) in [7, 11) is 0. The van der Waals surface area contributed by atoms with Gasteiger partial charge in [-0.2, -0.15) is 0 Å². The van der Waals surface area contributed by atoms with Crippen molar-refractivity contribution in [2.45, 2.75) is 6.92 Å². The van der Waals surface area contributed by atoms with Crippen LogP contribution in [0.1, 0.15) is 16.3 Å². The second kappa shape index (κ2) is 7.63. The van der Waals surface area contributed by atoms with Crippen molar-refractivity contribution in [1.82, 2.24) is 9.97 Å². The Hall–Kier alpha value is -3.13. The zero-order chi connectivity index (χ0) is 19.6. The van der Waals surface area contributed by atoms with Crippen molar-refractivity contribution in [2.24, 2.45) is 0 Å². The number of halogens is 4.